The number of carbonyl (C=O) groups excluding carboxylic acids is 1. The third kappa shape index (κ3) is 5.78. The van der Waals surface area contributed by atoms with Crippen LogP contribution in [0.15, 0.2) is 0 Å². The van der Waals surface area contributed by atoms with E-state index in [0.717, 1.165) is 0 Å². The Morgan fingerprint density at radius 3 is 2.07 bits per heavy atom. The Hall–Kier alpha value is -0.570. The van der Waals surface area contributed by atoms with Crippen molar-refractivity contribution >= 4 is 5.91 Å². The summed E-state index contributed by atoms with van der Waals surface area (Å²) in [7, 11) is 0. The van der Waals surface area contributed by atoms with Gasteiger partial charge in [0.05, 0.1) is 0 Å². The molecule has 0 aromatic rings. The topological polar surface area (TPSA) is 55.1 Å². The summed E-state index contributed by atoms with van der Waals surface area (Å²) in [5.74, 6) is 0.512. The molecule has 3 heteroatoms. The van der Waals surface area contributed by atoms with Gasteiger partial charge >= 0.3 is 0 Å². The van der Waals surface area contributed by atoms with Crippen LogP contribution in [0.3, 0.4) is 0 Å². The zero-order chi connectivity index (χ0) is 12.2. The van der Waals surface area contributed by atoms with Gasteiger partial charge in [0.15, 0.2) is 0 Å². The van der Waals surface area contributed by atoms with E-state index >= 15 is 0 Å². The molecule has 0 aliphatic heterocycles. The third-order valence-corrected chi connectivity index (χ3v) is 2.91. The number of hydrogen-bond donors (Lipinski definition) is 2. The first kappa shape index (κ1) is 14.4. The summed E-state index contributed by atoms with van der Waals surface area (Å²) in [6.07, 6.45) is 0.403. The second-order valence-corrected chi connectivity index (χ2v) is 5.78. The molecule has 0 aliphatic carbocycles. The highest BCUT2D eigenvalue weighted by atomic mass is 16.1. The summed E-state index contributed by atoms with van der Waals surface area (Å²) in [4.78, 5) is 11.6. The number of rotatable bonds is 4. The van der Waals surface area contributed by atoms with Crippen molar-refractivity contribution < 1.29 is 4.79 Å². The molecule has 0 saturated carbocycles. The normalized spacial score (nSPS) is 16.3. The monoisotopic (exact) mass is 214 g/mol. The molecule has 90 valence electrons. The molecule has 0 aromatic carbocycles. The minimum atomic E-state index is -0.0862. The Labute approximate surface area is 93.8 Å². The van der Waals surface area contributed by atoms with Gasteiger partial charge < -0.3 is 11.1 Å². The van der Waals surface area contributed by atoms with Crippen LogP contribution in [0.25, 0.3) is 0 Å². The van der Waals surface area contributed by atoms with E-state index in [-0.39, 0.29) is 23.4 Å². The molecule has 2 unspecified atom stereocenters. The van der Waals surface area contributed by atoms with Crippen LogP contribution in [0.4, 0.5) is 0 Å². The van der Waals surface area contributed by atoms with Crippen molar-refractivity contribution in [3.63, 3.8) is 0 Å². The smallest absolute Gasteiger partial charge is 0.221 e. The number of nitrogens with two attached hydrogens (primary N) is 1. The zero-order valence-electron chi connectivity index (χ0n) is 10.9. The molecule has 0 spiro atoms. The van der Waals surface area contributed by atoms with Gasteiger partial charge in [-0.25, -0.2) is 0 Å². The molecule has 15 heavy (non-hydrogen) atoms. The van der Waals surface area contributed by atoms with Gasteiger partial charge in [0.25, 0.3) is 0 Å². The predicted molar refractivity (Wildman–Crippen MR) is 64.5 cm³/mol. The van der Waals surface area contributed by atoms with Crippen LogP contribution in [0.5, 0.6) is 0 Å². The van der Waals surface area contributed by atoms with E-state index in [9.17, 15) is 4.79 Å². The molecule has 1 amide bonds. The Kier molecular flexibility index (Phi) is 5.29. The number of amides is 1. The Morgan fingerprint density at radius 2 is 1.73 bits per heavy atom. The molecule has 0 aromatic heterocycles. The van der Waals surface area contributed by atoms with E-state index in [1.165, 1.54) is 0 Å². The van der Waals surface area contributed by atoms with Gasteiger partial charge in [0.1, 0.15) is 0 Å². The summed E-state index contributed by atoms with van der Waals surface area (Å²) in [6, 6.07) is 0.126. The van der Waals surface area contributed by atoms with E-state index in [4.69, 9.17) is 5.73 Å². The van der Waals surface area contributed by atoms with E-state index in [0.29, 0.717) is 12.3 Å². The summed E-state index contributed by atoms with van der Waals surface area (Å²) in [5, 5.41) is 2.96. The lowest BCUT2D eigenvalue weighted by Crippen LogP contribution is -2.43. The lowest BCUT2D eigenvalue weighted by Gasteiger charge is -2.27. The lowest BCUT2D eigenvalue weighted by atomic mass is 9.85. The Balaban J connectivity index is 4.05. The fourth-order valence-corrected chi connectivity index (χ4v) is 0.985. The van der Waals surface area contributed by atoms with Crippen LogP contribution in [0.1, 0.15) is 48.0 Å². The largest absolute Gasteiger partial charge is 0.353 e. The van der Waals surface area contributed by atoms with Crippen molar-refractivity contribution in [1.29, 1.82) is 0 Å². The summed E-state index contributed by atoms with van der Waals surface area (Å²) < 4.78 is 0. The summed E-state index contributed by atoms with van der Waals surface area (Å²) in [6.45, 7) is 12.4. The van der Waals surface area contributed by atoms with Gasteiger partial charge in [-0.2, -0.15) is 0 Å². The highest BCUT2D eigenvalue weighted by Gasteiger charge is 2.23. The number of hydrogen-bond acceptors (Lipinski definition) is 2. The predicted octanol–water partition coefficient (Wildman–Crippen LogP) is 1.91. The molecule has 3 nitrogen and oxygen atoms in total. The molecule has 0 rings (SSSR count). The highest BCUT2D eigenvalue weighted by molar-refractivity contribution is 5.76. The van der Waals surface area contributed by atoms with E-state index in [2.05, 4.69) is 39.9 Å². The maximum Gasteiger partial charge on any atom is 0.221 e. The van der Waals surface area contributed by atoms with Crippen molar-refractivity contribution in [2.24, 2.45) is 17.1 Å². The fraction of sp³-hybridized carbons (Fsp3) is 0.917. The quantitative estimate of drug-likeness (QED) is 0.751. The number of carbonyl (C=O) groups is 1. The maximum absolute atomic E-state index is 11.6. The van der Waals surface area contributed by atoms with Crippen molar-refractivity contribution in [3.05, 3.63) is 0 Å². The van der Waals surface area contributed by atoms with Gasteiger partial charge in [0.2, 0.25) is 5.91 Å². The minimum Gasteiger partial charge on any atom is -0.353 e. The van der Waals surface area contributed by atoms with Crippen molar-refractivity contribution in [3.8, 4) is 0 Å². The molecule has 0 heterocycles. The second kappa shape index (κ2) is 5.50. The van der Waals surface area contributed by atoms with Crippen molar-refractivity contribution in [1.82, 2.24) is 5.32 Å². The summed E-state index contributed by atoms with van der Waals surface area (Å²) in [5.41, 5.74) is 5.93. The first-order valence-corrected chi connectivity index (χ1v) is 5.69. The van der Waals surface area contributed by atoms with E-state index in [1.807, 2.05) is 6.92 Å². The van der Waals surface area contributed by atoms with E-state index in [1.54, 1.807) is 0 Å². The van der Waals surface area contributed by atoms with Crippen LogP contribution >= 0.6 is 0 Å². The van der Waals surface area contributed by atoms with Gasteiger partial charge in [-0.15, -0.1) is 0 Å². The average Bonchev–Trinajstić information content (AvgIpc) is 2.01. The standard InChI is InChI=1S/C12H26N2O/c1-8(2)9(3)14-11(15)7-10(13)12(4,5)6/h8-10H,7,13H2,1-6H3,(H,14,15). The first-order chi connectivity index (χ1) is 6.64. The number of nitrogens with one attached hydrogen (secondary N) is 1. The van der Waals surface area contributed by atoms with E-state index < -0.39 is 0 Å². The van der Waals surface area contributed by atoms with Crippen LogP contribution in [0, 0.1) is 11.3 Å². The third-order valence-electron chi connectivity index (χ3n) is 2.91. The van der Waals surface area contributed by atoms with Gasteiger partial charge in [-0.3, -0.25) is 4.79 Å². The summed E-state index contributed by atoms with van der Waals surface area (Å²) >= 11 is 0. The molecule has 0 fully saturated rings. The molecular weight excluding hydrogens is 188 g/mol. The molecule has 3 N–H and O–H groups in total. The van der Waals surface area contributed by atoms with Crippen LogP contribution < -0.4 is 11.1 Å². The van der Waals surface area contributed by atoms with Crippen LogP contribution in [-0.4, -0.2) is 18.0 Å². The lowest BCUT2D eigenvalue weighted by molar-refractivity contribution is -0.122. The Morgan fingerprint density at radius 1 is 1.27 bits per heavy atom. The molecule has 0 radical (unpaired) electrons. The SMILES string of the molecule is CC(C)C(C)NC(=O)CC(N)C(C)(C)C. The fourth-order valence-electron chi connectivity index (χ4n) is 0.985. The Bertz CT molecular complexity index is 206. The first-order valence-electron chi connectivity index (χ1n) is 5.69. The van der Waals surface area contributed by atoms with Crippen molar-refractivity contribution in [2.75, 3.05) is 0 Å². The van der Waals surface area contributed by atoms with Crippen molar-refractivity contribution in [2.45, 2.75) is 60.0 Å². The molecule has 2 atom stereocenters. The highest BCUT2D eigenvalue weighted by Crippen LogP contribution is 2.19. The molecule has 0 bridgehead atoms. The minimum absolute atomic E-state index is 0.0155. The van der Waals surface area contributed by atoms with Gasteiger partial charge in [-0.05, 0) is 18.3 Å². The maximum atomic E-state index is 11.6. The van der Waals surface area contributed by atoms with Crippen LogP contribution in [0.2, 0.25) is 0 Å². The average molecular weight is 214 g/mol. The molecule has 0 saturated heterocycles. The molecule has 0 aliphatic rings. The second-order valence-electron chi connectivity index (χ2n) is 5.78. The zero-order valence-corrected chi connectivity index (χ0v) is 10.9. The van der Waals surface area contributed by atoms with Gasteiger partial charge in [0, 0.05) is 18.5 Å². The van der Waals surface area contributed by atoms with Crippen LogP contribution in [-0.2, 0) is 4.79 Å². The molecular formula is C12H26N2O. The van der Waals surface area contributed by atoms with Gasteiger partial charge in [-0.1, -0.05) is 34.6 Å².